The fourth-order valence-electron chi connectivity index (χ4n) is 2.47. The SMILES string of the molecule is C/C=N\Nc1ccc(C2=CN(C)C(CNCCC)N2)cc1OC. The molecule has 0 radical (unpaired) electrons. The molecule has 6 heteroatoms. The van der Waals surface area contributed by atoms with Crippen LogP contribution in [0.25, 0.3) is 5.70 Å². The molecule has 0 amide bonds. The Morgan fingerprint density at radius 1 is 1.43 bits per heavy atom. The maximum absolute atomic E-state index is 5.46. The highest BCUT2D eigenvalue weighted by Gasteiger charge is 2.21. The normalized spacial score (nSPS) is 17.3. The number of nitrogens with zero attached hydrogens (tertiary/aromatic N) is 2. The van der Waals surface area contributed by atoms with E-state index in [2.05, 4.69) is 52.3 Å². The number of hydrogen-bond donors (Lipinski definition) is 3. The number of methoxy groups -OCH3 is 1. The summed E-state index contributed by atoms with van der Waals surface area (Å²) >= 11 is 0. The van der Waals surface area contributed by atoms with Crippen LogP contribution < -0.4 is 20.8 Å². The average molecular weight is 317 g/mol. The first kappa shape index (κ1) is 17.1. The van der Waals surface area contributed by atoms with Gasteiger partial charge in [-0.05, 0) is 32.0 Å². The minimum Gasteiger partial charge on any atom is -0.494 e. The van der Waals surface area contributed by atoms with E-state index in [1.165, 1.54) is 0 Å². The molecule has 126 valence electrons. The molecule has 1 atom stereocenters. The van der Waals surface area contributed by atoms with E-state index in [9.17, 15) is 0 Å². The van der Waals surface area contributed by atoms with Crippen LogP contribution >= 0.6 is 0 Å². The molecule has 0 aromatic heterocycles. The predicted octanol–water partition coefficient (Wildman–Crippen LogP) is 2.27. The van der Waals surface area contributed by atoms with Gasteiger partial charge >= 0.3 is 0 Å². The Morgan fingerprint density at radius 2 is 2.26 bits per heavy atom. The van der Waals surface area contributed by atoms with E-state index >= 15 is 0 Å². The van der Waals surface area contributed by atoms with Crippen molar-refractivity contribution < 1.29 is 4.74 Å². The number of hydrogen-bond acceptors (Lipinski definition) is 6. The fourth-order valence-corrected chi connectivity index (χ4v) is 2.47. The van der Waals surface area contributed by atoms with Gasteiger partial charge < -0.3 is 20.3 Å². The lowest BCUT2D eigenvalue weighted by molar-refractivity contribution is 0.319. The summed E-state index contributed by atoms with van der Waals surface area (Å²) in [6.45, 7) is 5.98. The van der Waals surface area contributed by atoms with Gasteiger partial charge in [-0.2, -0.15) is 5.10 Å². The quantitative estimate of drug-likeness (QED) is 0.390. The number of hydrazone groups is 1. The number of rotatable bonds is 8. The van der Waals surface area contributed by atoms with E-state index in [1.807, 2.05) is 19.1 Å². The van der Waals surface area contributed by atoms with Crippen molar-refractivity contribution in [1.29, 1.82) is 0 Å². The van der Waals surface area contributed by atoms with Gasteiger partial charge in [0.2, 0.25) is 0 Å². The Morgan fingerprint density at radius 3 is 2.96 bits per heavy atom. The van der Waals surface area contributed by atoms with E-state index in [-0.39, 0.29) is 6.17 Å². The van der Waals surface area contributed by atoms with Crippen LogP contribution in [0.4, 0.5) is 5.69 Å². The summed E-state index contributed by atoms with van der Waals surface area (Å²) in [5.74, 6) is 0.769. The Kier molecular flexibility index (Phi) is 6.29. The minimum absolute atomic E-state index is 0.269. The summed E-state index contributed by atoms with van der Waals surface area (Å²) in [4.78, 5) is 2.19. The average Bonchev–Trinajstić information content (AvgIpc) is 2.94. The number of anilines is 1. The van der Waals surface area contributed by atoms with E-state index in [0.717, 1.165) is 42.2 Å². The smallest absolute Gasteiger partial charge is 0.144 e. The Bertz CT molecular complexity index is 570. The summed E-state index contributed by atoms with van der Waals surface area (Å²) in [5, 5.41) is 11.0. The standard InChI is InChI=1S/C17H27N5O/c1-5-9-18-11-17-20-15(12-22(17)3)13-7-8-14(21-19-6-2)16(10-13)23-4/h6-8,10,12,17-18,20-21H,5,9,11H2,1-4H3/b19-6-. The second-order valence-electron chi connectivity index (χ2n) is 5.49. The van der Waals surface area contributed by atoms with Crippen LogP contribution in [0.3, 0.4) is 0 Å². The van der Waals surface area contributed by atoms with Crippen molar-refractivity contribution in [2.45, 2.75) is 26.4 Å². The van der Waals surface area contributed by atoms with Crippen molar-refractivity contribution in [1.82, 2.24) is 15.5 Å². The van der Waals surface area contributed by atoms with Gasteiger partial charge in [-0.1, -0.05) is 13.0 Å². The highest BCUT2D eigenvalue weighted by molar-refractivity contribution is 5.71. The molecule has 1 aromatic carbocycles. The Hall–Kier alpha value is -2.21. The van der Waals surface area contributed by atoms with Crippen molar-refractivity contribution in [3.05, 3.63) is 30.0 Å². The summed E-state index contributed by atoms with van der Waals surface area (Å²) in [5.41, 5.74) is 6.01. The number of likely N-dealkylation sites (N-methyl/N-ethyl adjacent to an activating group) is 1. The molecule has 0 spiro atoms. The van der Waals surface area contributed by atoms with Gasteiger partial charge in [0, 0.05) is 31.6 Å². The molecule has 1 aromatic rings. The van der Waals surface area contributed by atoms with Crippen LogP contribution in [0.15, 0.2) is 29.5 Å². The van der Waals surface area contributed by atoms with Gasteiger partial charge in [0.15, 0.2) is 0 Å². The van der Waals surface area contributed by atoms with Crippen LogP contribution in [0.2, 0.25) is 0 Å². The highest BCUT2D eigenvalue weighted by atomic mass is 16.5. The van der Waals surface area contributed by atoms with Crippen LogP contribution in [0.5, 0.6) is 5.75 Å². The third kappa shape index (κ3) is 4.39. The third-order valence-corrected chi connectivity index (χ3v) is 3.74. The van der Waals surface area contributed by atoms with E-state index < -0.39 is 0 Å². The highest BCUT2D eigenvalue weighted by Crippen LogP contribution is 2.29. The van der Waals surface area contributed by atoms with Gasteiger partial charge in [0.05, 0.1) is 18.5 Å². The Labute approximate surface area is 138 Å². The largest absolute Gasteiger partial charge is 0.494 e. The summed E-state index contributed by atoms with van der Waals surface area (Å²) in [6.07, 6.45) is 5.24. The molecule has 0 bridgehead atoms. The number of benzene rings is 1. The second-order valence-corrected chi connectivity index (χ2v) is 5.49. The molecule has 1 unspecified atom stereocenters. The lowest BCUT2D eigenvalue weighted by Crippen LogP contribution is -2.42. The molecule has 1 aliphatic rings. The molecule has 0 fully saturated rings. The van der Waals surface area contributed by atoms with Crippen molar-refractivity contribution in [2.24, 2.45) is 5.10 Å². The molecule has 6 nitrogen and oxygen atoms in total. The first-order chi connectivity index (χ1) is 11.2. The summed E-state index contributed by atoms with van der Waals surface area (Å²) in [7, 11) is 3.75. The topological polar surface area (TPSA) is 60.9 Å². The van der Waals surface area contributed by atoms with Crippen molar-refractivity contribution in [2.75, 3.05) is 32.7 Å². The zero-order valence-electron chi connectivity index (χ0n) is 14.4. The summed E-state index contributed by atoms with van der Waals surface area (Å²) in [6, 6.07) is 6.05. The number of ether oxygens (including phenoxy) is 1. The molecule has 23 heavy (non-hydrogen) atoms. The minimum atomic E-state index is 0.269. The molecule has 3 N–H and O–H groups in total. The molecular weight excluding hydrogens is 290 g/mol. The molecule has 1 aliphatic heterocycles. The fraction of sp³-hybridized carbons (Fsp3) is 0.471. The van der Waals surface area contributed by atoms with Crippen molar-refractivity contribution >= 4 is 17.6 Å². The maximum Gasteiger partial charge on any atom is 0.144 e. The summed E-state index contributed by atoms with van der Waals surface area (Å²) < 4.78 is 5.46. The predicted molar refractivity (Wildman–Crippen MR) is 96.6 cm³/mol. The van der Waals surface area contributed by atoms with E-state index in [4.69, 9.17) is 4.74 Å². The molecule has 1 heterocycles. The Balaban J connectivity index is 2.08. The zero-order valence-corrected chi connectivity index (χ0v) is 14.4. The molecule has 0 saturated carbocycles. The van der Waals surface area contributed by atoms with E-state index in [0.29, 0.717) is 0 Å². The maximum atomic E-state index is 5.46. The third-order valence-electron chi connectivity index (χ3n) is 3.74. The van der Waals surface area contributed by atoms with Crippen LogP contribution in [-0.2, 0) is 0 Å². The lowest BCUT2D eigenvalue weighted by Gasteiger charge is -2.21. The molecule has 0 aliphatic carbocycles. The van der Waals surface area contributed by atoms with Gasteiger partial charge in [-0.25, -0.2) is 0 Å². The van der Waals surface area contributed by atoms with E-state index in [1.54, 1.807) is 13.3 Å². The van der Waals surface area contributed by atoms with Crippen LogP contribution in [-0.4, -0.2) is 44.5 Å². The molecule has 0 saturated heterocycles. The van der Waals surface area contributed by atoms with Gasteiger partial charge in [0.1, 0.15) is 11.9 Å². The van der Waals surface area contributed by atoms with Gasteiger partial charge in [-0.3, -0.25) is 5.43 Å². The zero-order chi connectivity index (χ0) is 16.7. The first-order valence-electron chi connectivity index (χ1n) is 8.02. The molecular formula is C17H27N5O. The second kappa shape index (κ2) is 8.43. The van der Waals surface area contributed by atoms with Gasteiger partial charge in [0.25, 0.3) is 0 Å². The monoisotopic (exact) mass is 317 g/mol. The van der Waals surface area contributed by atoms with Gasteiger partial charge in [-0.15, -0.1) is 0 Å². The van der Waals surface area contributed by atoms with Crippen molar-refractivity contribution in [3.8, 4) is 5.75 Å². The van der Waals surface area contributed by atoms with Crippen molar-refractivity contribution in [3.63, 3.8) is 0 Å². The number of nitrogens with one attached hydrogen (secondary N) is 3. The first-order valence-corrected chi connectivity index (χ1v) is 8.02. The van der Waals surface area contributed by atoms with Crippen LogP contribution in [0, 0.1) is 0 Å². The molecule has 2 rings (SSSR count). The lowest BCUT2D eigenvalue weighted by atomic mass is 10.1. The van der Waals surface area contributed by atoms with Crippen LogP contribution in [0.1, 0.15) is 25.8 Å².